The summed E-state index contributed by atoms with van der Waals surface area (Å²) >= 11 is 5.87. The number of rotatable bonds is 2. The van der Waals surface area contributed by atoms with E-state index in [1.165, 1.54) is 26.4 Å². The molecule has 0 bridgehead atoms. The topological polar surface area (TPSA) is 52.6 Å². The third kappa shape index (κ3) is 2.17. The van der Waals surface area contributed by atoms with E-state index in [1.807, 2.05) is 0 Å². The van der Waals surface area contributed by atoms with E-state index in [0.29, 0.717) is 10.6 Å². The molecule has 1 aromatic rings. The summed E-state index contributed by atoms with van der Waals surface area (Å²) in [6.07, 6.45) is 0. The lowest BCUT2D eigenvalue weighted by Crippen LogP contribution is -2.13. The fraction of sp³-hybridized carbons (Fsp3) is 0.273. The Kier molecular flexibility index (Phi) is 3.90. The number of esters is 2. The van der Waals surface area contributed by atoms with Gasteiger partial charge in [-0.15, -0.1) is 0 Å². The van der Waals surface area contributed by atoms with Crippen molar-refractivity contribution in [1.82, 2.24) is 0 Å². The van der Waals surface area contributed by atoms with Crippen LogP contribution in [-0.4, -0.2) is 26.2 Å². The van der Waals surface area contributed by atoms with Crippen LogP contribution in [0.2, 0.25) is 5.02 Å². The van der Waals surface area contributed by atoms with Crippen LogP contribution < -0.4 is 0 Å². The fourth-order valence-corrected chi connectivity index (χ4v) is 1.49. The molecule has 1 rings (SSSR count). The molecule has 16 heavy (non-hydrogen) atoms. The van der Waals surface area contributed by atoms with Crippen LogP contribution in [0.5, 0.6) is 0 Å². The maximum absolute atomic E-state index is 11.5. The normalized spacial score (nSPS) is 9.75. The van der Waals surface area contributed by atoms with Crippen molar-refractivity contribution in [2.75, 3.05) is 14.2 Å². The third-order valence-electron chi connectivity index (χ3n) is 2.19. The highest BCUT2D eigenvalue weighted by Crippen LogP contribution is 2.24. The summed E-state index contributed by atoms with van der Waals surface area (Å²) in [5, 5.41) is 0.396. The predicted molar refractivity (Wildman–Crippen MR) is 58.9 cm³/mol. The molecule has 0 radical (unpaired) electrons. The number of carbonyl (C=O) groups excluding carboxylic acids is 2. The lowest BCUT2D eigenvalue weighted by atomic mass is 10.0. The molecule has 0 N–H and O–H groups in total. The van der Waals surface area contributed by atoms with Gasteiger partial charge in [-0.3, -0.25) is 0 Å². The van der Waals surface area contributed by atoms with Gasteiger partial charge in [0.15, 0.2) is 0 Å². The molecule has 86 valence electrons. The zero-order valence-corrected chi connectivity index (χ0v) is 9.92. The Labute approximate surface area is 98.1 Å². The molecule has 0 saturated carbocycles. The molecular weight excluding hydrogens is 232 g/mol. The summed E-state index contributed by atoms with van der Waals surface area (Å²) in [5.41, 5.74) is 0.787. The van der Waals surface area contributed by atoms with Gasteiger partial charge in [0.1, 0.15) is 0 Å². The molecule has 0 fully saturated rings. The van der Waals surface area contributed by atoms with Gasteiger partial charge in [-0.2, -0.15) is 0 Å². The van der Waals surface area contributed by atoms with Crippen molar-refractivity contribution in [2.24, 2.45) is 0 Å². The Balaban J connectivity index is 3.44. The number of ether oxygens (including phenoxy) is 2. The maximum Gasteiger partial charge on any atom is 0.339 e. The van der Waals surface area contributed by atoms with Gasteiger partial charge in [0.25, 0.3) is 0 Å². The zero-order valence-electron chi connectivity index (χ0n) is 9.17. The first kappa shape index (κ1) is 12.5. The lowest BCUT2D eigenvalue weighted by molar-refractivity contribution is 0.0554. The summed E-state index contributed by atoms with van der Waals surface area (Å²) in [6.45, 7) is 1.64. The van der Waals surface area contributed by atoms with Crippen LogP contribution in [0.15, 0.2) is 12.1 Å². The van der Waals surface area contributed by atoms with Crippen molar-refractivity contribution in [3.63, 3.8) is 0 Å². The lowest BCUT2D eigenvalue weighted by Gasteiger charge is -2.10. The minimum Gasteiger partial charge on any atom is -0.465 e. The Morgan fingerprint density at radius 1 is 1.12 bits per heavy atom. The van der Waals surface area contributed by atoms with E-state index in [1.54, 1.807) is 6.92 Å². The van der Waals surface area contributed by atoms with Gasteiger partial charge in [0.05, 0.1) is 25.3 Å². The van der Waals surface area contributed by atoms with Crippen LogP contribution in [0.3, 0.4) is 0 Å². The van der Waals surface area contributed by atoms with Crippen molar-refractivity contribution in [3.8, 4) is 0 Å². The Morgan fingerprint density at radius 2 is 1.69 bits per heavy atom. The summed E-state index contributed by atoms with van der Waals surface area (Å²) in [5.74, 6) is -1.21. The molecule has 1 aromatic carbocycles. The van der Waals surface area contributed by atoms with Crippen molar-refractivity contribution < 1.29 is 19.1 Å². The SMILES string of the molecule is COC(=O)c1ccc(Cl)c(C)c1C(=O)OC. The molecule has 0 aliphatic carbocycles. The number of hydrogen-bond donors (Lipinski definition) is 0. The summed E-state index contributed by atoms with van der Waals surface area (Å²) in [6, 6.07) is 2.98. The molecule has 5 heteroatoms. The predicted octanol–water partition coefficient (Wildman–Crippen LogP) is 2.22. The molecule has 0 aliphatic rings. The van der Waals surface area contributed by atoms with Crippen LogP contribution in [-0.2, 0) is 9.47 Å². The minimum atomic E-state index is -0.611. The number of benzene rings is 1. The first-order chi connectivity index (χ1) is 7.52. The van der Waals surface area contributed by atoms with E-state index >= 15 is 0 Å². The second-order valence-corrected chi connectivity index (χ2v) is 3.49. The Bertz CT molecular complexity index is 440. The number of halogens is 1. The number of hydrogen-bond acceptors (Lipinski definition) is 4. The largest absolute Gasteiger partial charge is 0.465 e. The average Bonchev–Trinajstić information content (AvgIpc) is 2.30. The first-order valence-electron chi connectivity index (χ1n) is 4.48. The van der Waals surface area contributed by atoms with Gasteiger partial charge in [-0.25, -0.2) is 9.59 Å². The van der Waals surface area contributed by atoms with Gasteiger partial charge in [-0.1, -0.05) is 11.6 Å². The zero-order chi connectivity index (χ0) is 12.3. The maximum atomic E-state index is 11.5. The van der Waals surface area contributed by atoms with E-state index < -0.39 is 11.9 Å². The molecule has 0 spiro atoms. The summed E-state index contributed by atoms with van der Waals surface area (Å²) in [4.78, 5) is 23.0. The quantitative estimate of drug-likeness (QED) is 0.747. The second-order valence-electron chi connectivity index (χ2n) is 3.08. The van der Waals surface area contributed by atoms with Gasteiger partial charge in [0.2, 0.25) is 0 Å². The number of methoxy groups -OCH3 is 2. The Hall–Kier alpha value is -1.55. The second kappa shape index (κ2) is 4.99. The molecule has 0 saturated heterocycles. The van der Waals surface area contributed by atoms with Crippen molar-refractivity contribution in [3.05, 3.63) is 33.8 Å². The van der Waals surface area contributed by atoms with Crippen LogP contribution in [0.25, 0.3) is 0 Å². The molecule has 0 aromatic heterocycles. The van der Waals surface area contributed by atoms with Gasteiger partial charge < -0.3 is 9.47 Å². The van der Waals surface area contributed by atoms with Crippen LogP contribution >= 0.6 is 11.6 Å². The van der Waals surface area contributed by atoms with Gasteiger partial charge in [0, 0.05) is 5.02 Å². The van der Waals surface area contributed by atoms with Crippen molar-refractivity contribution in [2.45, 2.75) is 6.92 Å². The van der Waals surface area contributed by atoms with E-state index in [-0.39, 0.29) is 11.1 Å². The standard InChI is InChI=1S/C11H11ClO4/c1-6-8(12)5-4-7(10(13)15-2)9(6)11(14)16-3/h4-5H,1-3H3. The summed E-state index contributed by atoms with van der Waals surface area (Å²) in [7, 11) is 2.48. The molecule has 4 nitrogen and oxygen atoms in total. The van der Waals surface area contributed by atoms with E-state index in [2.05, 4.69) is 9.47 Å². The smallest absolute Gasteiger partial charge is 0.339 e. The highest BCUT2D eigenvalue weighted by molar-refractivity contribution is 6.32. The van der Waals surface area contributed by atoms with E-state index in [4.69, 9.17) is 11.6 Å². The molecule has 0 aliphatic heterocycles. The third-order valence-corrected chi connectivity index (χ3v) is 2.60. The highest BCUT2D eigenvalue weighted by atomic mass is 35.5. The molecule has 0 atom stereocenters. The van der Waals surface area contributed by atoms with Crippen molar-refractivity contribution >= 4 is 23.5 Å². The van der Waals surface area contributed by atoms with E-state index in [9.17, 15) is 9.59 Å². The molecule has 0 unspecified atom stereocenters. The number of carbonyl (C=O) groups is 2. The van der Waals surface area contributed by atoms with Crippen LogP contribution in [0.1, 0.15) is 26.3 Å². The highest BCUT2D eigenvalue weighted by Gasteiger charge is 2.21. The van der Waals surface area contributed by atoms with Gasteiger partial charge in [-0.05, 0) is 24.6 Å². The van der Waals surface area contributed by atoms with Crippen LogP contribution in [0.4, 0.5) is 0 Å². The van der Waals surface area contributed by atoms with Crippen LogP contribution in [0, 0.1) is 6.92 Å². The Morgan fingerprint density at radius 3 is 2.19 bits per heavy atom. The van der Waals surface area contributed by atoms with Gasteiger partial charge >= 0.3 is 11.9 Å². The first-order valence-corrected chi connectivity index (χ1v) is 4.86. The molecule has 0 heterocycles. The molecular formula is C11H11ClO4. The average molecular weight is 243 g/mol. The monoisotopic (exact) mass is 242 g/mol. The van der Waals surface area contributed by atoms with Crippen molar-refractivity contribution in [1.29, 1.82) is 0 Å². The summed E-state index contributed by atoms with van der Waals surface area (Å²) < 4.78 is 9.18. The molecule has 0 amide bonds. The van der Waals surface area contributed by atoms with E-state index in [0.717, 1.165) is 0 Å². The minimum absolute atomic E-state index is 0.141. The fourth-order valence-electron chi connectivity index (χ4n) is 1.33.